The van der Waals surface area contributed by atoms with Crippen LogP contribution in [-0.2, 0) is 19.4 Å². The molecule has 0 saturated heterocycles. The molecule has 0 bridgehead atoms. The molecule has 0 aliphatic carbocycles. The van der Waals surface area contributed by atoms with Gasteiger partial charge in [0.2, 0.25) is 0 Å². The summed E-state index contributed by atoms with van der Waals surface area (Å²) in [5, 5.41) is 27.3. The Bertz CT molecular complexity index is 1820. The van der Waals surface area contributed by atoms with Crippen LogP contribution in [0.4, 0.5) is 8.78 Å². The number of hydrogen-bond acceptors (Lipinski definition) is 5. The standard InChI is InChI=1S/C41H47F2N3O5/c1-5-15-46(16-6-2)40(49)30-18-26(4)17-29(22-30)39(48)45-37(21-27-19-31(42)23-32(43)20-27)38(47)25-44-24-28-11-10-14-34(33(28)7-3)35-12-8-9-13-36(35)41(50)51/h8-14,17-20,22-23,37-38,44,47H,5-7,15-16,21,24-25H2,1-4H3,(H,45,48)(H,50,51)/t37-,38+/m0/s1. The largest absolute Gasteiger partial charge is 0.478 e. The van der Waals surface area contributed by atoms with Crippen LogP contribution in [0.25, 0.3) is 11.1 Å². The van der Waals surface area contributed by atoms with E-state index in [1.807, 2.05) is 39.0 Å². The van der Waals surface area contributed by atoms with E-state index in [0.717, 1.165) is 47.7 Å². The third kappa shape index (κ3) is 10.3. The molecule has 0 radical (unpaired) electrons. The number of aliphatic hydroxyl groups excluding tert-OH is 1. The zero-order chi connectivity index (χ0) is 37.1. The zero-order valence-electron chi connectivity index (χ0n) is 29.6. The van der Waals surface area contributed by atoms with Crippen molar-refractivity contribution in [3.63, 3.8) is 0 Å². The number of aromatic carboxylic acids is 1. The minimum Gasteiger partial charge on any atom is -0.478 e. The number of halogens is 2. The Labute approximate surface area is 298 Å². The van der Waals surface area contributed by atoms with Crippen molar-refractivity contribution < 1.29 is 33.4 Å². The number of aryl methyl sites for hydroxylation is 1. The molecule has 2 amide bonds. The Kier molecular flexibility index (Phi) is 14.0. The molecule has 4 rings (SSSR count). The van der Waals surface area contributed by atoms with Gasteiger partial charge in [0, 0.05) is 43.4 Å². The van der Waals surface area contributed by atoms with Gasteiger partial charge in [-0.2, -0.15) is 0 Å². The summed E-state index contributed by atoms with van der Waals surface area (Å²) < 4.78 is 28.3. The van der Waals surface area contributed by atoms with Gasteiger partial charge < -0.3 is 25.7 Å². The molecule has 270 valence electrons. The van der Waals surface area contributed by atoms with Gasteiger partial charge in [0.15, 0.2) is 0 Å². The van der Waals surface area contributed by atoms with Gasteiger partial charge in [0.1, 0.15) is 11.6 Å². The monoisotopic (exact) mass is 699 g/mol. The summed E-state index contributed by atoms with van der Waals surface area (Å²) in [6, 6.07) is 19.6. The van der Waals surface area contributed by atoms with Crippen LogP contribution >= 0.6 is 0 Å². The Balaban J connectivity index is 1.56. The predicted molar refractivity (Wildman–Crippen MR) is 195 cm³/mol. The van der Waals surface area contributed by atoms with Crippen molar-refractivity contribution in [1.29, 1.82) is 0 Å². The number of amides is 2. The zero-order valence-corrected chi connectivity index (χ0v) is 29.6. The van der Waals surface area contributed by atoms with Gasteiger partial charge in [-0.25, -0.2) is 13.6 Å². The lowest BCUT2D eigenvalue weighted by Gasteiger charge is -2.26. The summed E-state index contributed by atoms with van der Waals surface area (Å²) in [6.07, 6.45) is 0.968. The summed E-state index contributed by atoms with van der Waals surface area (Å²) in [5.74, 6) is -3.28. The van der Waals surface area contributed by atoms with Gasteiger partial charge in [-0.3, -0.25) is 9.59 Å². The molecule has 4 aromatic carbocycles. The van der Waals surface area contributed by atoms with Gasteiger partial charge in [0.25, 0.3) is 11.8 Å². The van der Waals surface area contributed by atoms with Gasteiger partial charge >= 0.3 is 5.97 Å². The number of benzene rings is 4. The predicted octanol–water partition coefficient (Wildman–Crippen LogP) is 6.95. The van der Waals surface area contributed by atoms with Crippen LogP contribution in [-0.4, -0.2) is 64.7 Å². The smallest absolute Gasteiger partial charge is 0.336 e. The molecule has 0 heterocycles. The van der Waals surface area contributed by atoms with Gasteiger partial charge in [-0.1, -0.05) is 57.2 Å². The highest BCUT2D eigenvalue weighted by Gasteiger charge is 2.25. The van der Waals surface area contributed by atoms with Crippen LogP contribution in [0.2, 0.25) is 0 Å². The van der Waals surface area contributed by atoms with Crippen molar-refractivity contribution >= 4 is 17.8 Å². The Morgan fingerprint density at radius 2 is 1.47 bits per heavy atom. The number of carbonyl (C=O) groups excluding carboxylic acids is 2. The van der Waals surface area contributed by atoms with Gasteiger partial charge in [0.05, 0.1) is 17.7 Å². The van der Waals surface area contributed by atoms with Crippen molar-refractivity contribution in [3.8, 4) is 11.1 Å². The molecule has 8 nitrogen and oxygen atoms in total. The quantitative estimate of drug-likeness (QED) is 0.0947. The fourth-order valence-corrected chi connectivity index (χ4v) is 6.46. The molecule has 0 fully saturated rings. The molecule has 0 aliphatic rings. The highest BCUT2D eigenvalue weighted by Crippen LogP contribution is 2.30. The van der Waals surface area contributed by atoms with Crippen LogP contribution in [0.1, 0.15) is 86.9 Å². The van der Waals surface area contributed by atoms with Crippen LogP contribution in [0.3, 0.4) is 0 Å². The van der Waals surface area contributed by atoms with Crippen LogP contribution in [0.5, 0.6) is 0 Å². The van der Waals surface area contributed by atoms with Crippen LogP contribution in [0.15, 0.2) is 78.9 Å². The molecule has 0 unspecified atom stereocenters. The van der Waals surface area contributed by atoms with Crippen molar-refractivity contribution in [2.75, 3.05) is 19.6 Å². The first-order chi connectivity index (χ1) is 24.4. The number of nitrogens with one attached hydrogen (secondary N) is 2. The van der Waals surface area contributed by atoms with Crippen molar-refractivity contribution in [3.05, 3.63) is 129 Å². The highest BCUT2D eigenvalue weighted by atomic mass is 19.1. The normalized spacial score (nSPS) is 12.3. The molecule has 51 heavy (non-hydrogen) atoms. The second kappa shape index (κ2) is 18.3. The number of aliphatic hydroxyl groups is 1. The summed E-state index contributed by atoms with van der Waals surface area (Å²) in [5.41, 5.74) is 5.05. The van der Waals surface area contributed by atoms with E-state index in [2.05, 4.69) is 10.6 Å². The first-order valence-corrected chi connectivity index (χ1v) is 17.4. The summed E-state index contributed by atoms with van der Waals surface area (Å²) in [4.78, 5) is 40.8. The first-order valence-electron chi connectivity index (χ1n) is 17.4. The third-order valence-corrected chi connectivity index (χ3v) is 8.76. The number of carboxylic acids is 1. The maximum atomic E-state index is 14.2. The molecule has 0 saturated carbocycles. The maximum Gasteiger partial charge on any atom is 0.336 e. The van der Waals surface area contributed by atoms with E-state index in [1.165, 1.54) is 6.07 Å². The molecule has 4 aromatic rings. The topological polar surface area (TPSA) is 119 Å². The molecule has 2 atom stereocenters. The second-order valence-corrected chi connectivity index (χ2v) is 12.8. The van der Waals surface area contributed by atoms with E-state index in [1.54, 1.807) is 48.2 Å². The fourth-order valence-electron chi connectivity index (χ4n) is 6.46. The minimum atomic E-state index is -1.18. The summed E-state index contributed by atoms with van der Waals surface area (Å²) >= 11 is 0. The minimum absolute atomic E-state index is 0.0163. The molecular weight excluding hydrogens is 652 g/mol. The van der Waals surface area contributed by atoms with E-state index in [0.29, 0.717) is 42.7 Å². The number of nitrogens with zero attached hydrogens (tertiary/aromatic N) is 1. The maximum absolute atomic E-state index is 14.2. The Morgan fingerprint density at radius 3 is 2.12 bits per heavy atom. The van der Waals surface area contributed by atoms with E-state index in [4.69, 9.17) is 0 Å². The van der Waals surface area contributed by atoms with Crippen molar-refractivity contribution in [1.82, 2.24) is 15.5 Å². The second-order valence-electron chi connectivity index (χ2n) is 12.8. The molecule has 10 heteroatoms. The Hall–Kier alpha value is -4.93. The van der Waals surface area contributed by atoms with E-state index < -0.39 is 35.7 Å². The van der Waals surface area contributed by atoms with E-state index >= 15 is 0 Å². The number of rotatable bonds is 17. The highest BCUT2D eigenvalue weighted by molar-refractivity contribution is 6.00. The molecule has 0 spiro atoms. The SMILES string of the molecule is CCCN(CCC)C(=O)c1cc(C)cc(C(=O)N[C@@H](Cc2cc(F)cc(F)c2)[C@H](O)CNCc2cccc(-c3ccccc3C(=O)O)c2CC)c1. The van der Waals surface area contributed by atoms with Gasteiger partial charge in [-0.15, -0.1) is 0 Å². The first kappa shape index (κ1) is 38.9. The van der Waals surface area contributed by atoms with E-state index in [-0.39, 0.29) is 35.6 Å². The van der Waals surface area contributed by atoms with Crippen LogP contribution < -0.4 is 10.6 Å². The fraction of sp³-hybridized carbons (Fsp3) is 0.341. The van der Waals surface area contributed by atoms with Crippen molar-refractivity contribution in [2.45, 2.75) is 72.1 Å². The number of carboxylic acid groups (broad SMARTS) is 1. The summed E-state index contributed by atoms with van der Waals surface area (Å²) in [7, 11) is 0. The molecule has 0 aliphatic heterocycles. The lowest BCUT2D eigenvalue weighted by Crippen LogP contribution is -2.48. The number of hydrogen-bond donors (Lipinski definition) is 4. The van der Waals surface area contributed by atoms with Gasteiger partial charge in [-0.05, 0) is 102 Å². The average molecular weight is 700 g/mol. The molecule has 0 aromatic heterocycles. The average Bonchev–Trinajstić information content (AvgIpc) is 3.10. The molecule has 4 N–H and O–H groups in total. The lowest BCUT2D eigenvalue weighted by atomic mass is 9.91. The van der Waals surface area contributed by atoms with Crippen molar-refractivity contribution in [2.24, 2.45) is 0 Å². The van der Waals surface area contributed by atoms with Crippen LogP contribution in [0, 0.1) is 18.6 Å². The number of carbonyl (C=O) groups is 3. The lowest BCUT2D eigenvalue weighted by molar-refractivity contribution is 0.0696. The van der Waals surface area contributed by atoms with E-state index in [9.17, 15) is 33.4 Å². The molecular formula is C41H47F2N3O5. The third-order valence-electron chi connectivity index (χ3n) is 8.76. The Morgan fingerprint density at radius 1 is 0.824 bits per heavy atom. The summed E-state index contributed by atoms with van der Waals surface area (Å²) in [6.45, 7) is 9.30.